The van der Waals surface area contributed by atoms with Gasteiger partial charge in [0.2, 0.25) is 5.82 Å². The monoisotopic (exact) mass is 244 g/mol. The fourth-order valence-electron chi connectivity index (χ4n) is 1.69. The molecule has 5 heteroatoms. The van der Waals surface area contributed by atoms with Gasteiger partial charge in [0.1, 0.15) is 6.33 Å². The summed E-state index contributed by atoms with van der Waals surface area (Å²) in [5, 5.41) is 9.04. The van der Waals surface area contributed by atoms with Gasteiger partial charge in [-0.05, 0) is 5.56 Å². The molecule has 0 spiro atoms. The summed E-state index contributed by atoms with van der Waals surface area (Å²) in [4.78, 5) is 15.5. The summed E-state index contributed by atoms with van der Waals surface area (Å²) < 4.78 is 0. The lowest BCUT2D eigenvalue weighted by atomic mass is 9.84. The van der Waals surface area contributed by atoms with Crippen molar-refractivity contribution in [1.29, 1.82) is 0 Å². The molecule has 0 unspecified atom stereocenters. The normalized spacial score (nSPS) is 11.2. The maximum absolute atomic E-state index is 11.7. The second-order valence-electron chi connectivity index (χ2n) is 4.77. The standard InChI is InChI=1S/C13H16N4O/c1-13(2,10-6-4-3-5-7-10)8-14-12(18)11-15-9-16-17-11/h3-7,9H,8H2,1-2H3,(H,14,18)(H,15,16,17). The van der Waals surface area contributed by atoms with Gasteiger partial charge in [-0.1, -0.05) is 44.2 Å². The van der Waals surface area contributed by atoms with E-state index in [1.54, 1.807) is 0 Å². The predicted molar refractivity (Wildman–Crippen MR) is 68.2 cm³/mol. The van der Waals surface area contributed by atoms with E-state index in [1.807, 2.05) is 18.2 Å². The Bertz CT molecular complexity index is 505. The number of rotatable bonds is 4. The van der Waals surface area contributed by atoms with E-state index in [4.69, 9.17) is 0 Å². The van der Waals surface area contributed by atoms with Crippen molar-refractivity contribution in [2.45, 2.75) is 19.3 Å². The van der Waals surface area contributed by atoms with Crippen LogP contribution < -0.4 is 5.32 Å². The van der Waals surface area contributed by atoms with Crippen LogP contribution in [0.5, 0.6) is 0 Å². The van der Waals surface area contributed by atoms with E-state index >= 15 is 0 Å². The summed E-state index contributed by atoms with van der Waals surface area (Å²) in [5.41, 5.74) is 1.06. The first-order valence-electron chi connectivity index (χ1n) is 5.79. The largest absolute Gasteiger partial charge is 0.348 e. The van der Waals surface area contributed by atoms with Crippen molar-refractivity contribution in [3.05, 3.63) is 48.0 Å². The minimum atomic E-state index is -0.239. The molecule has 0 aliphatic carbocycles. The minimum Gasteiger partial charge on any atom is -0.348 e. The molecule has 0 bridgehead atoms. The highest BCUT2D eigenvalue weighted by atomic mass is 16.2. The third-order valence-corrected chi connectivity index (χ3v) is 2.88. The Morgan fingerprint density at radius 3 is 2.67 bits per heavy atom. The van der Waals surface area contributed by atoms with Gasteiger partial charge in [0.15, 0.2) is 0 Å². The van der Waals surface area contributed by atoms with Gasteiger partial charge in [-0.15, -0.1) is 0 Å². The van der Waals surface area contributed by atoms with Crippen molar-refractivity contribution in [1.82, 2.24) is 20.5 Å². The number of nitrogens with one attached hydrogen (secondary N) is 2. The van der Waals surface area contributed by atoms with Crippen LogP contribution >= 0.6 is 0 Å². The van der Waals surface area contributed by atoms with Crippen LogP contribution in [-0.2, 0) is 5.41 Å². The number of H-pyrrole nitrogens is 1. The lowest BCUT2D eigenvalue weighted by Gasteiger charge is -2.25. The van der Waals surface area contributed by atoms with Crippen LogP contribution in [0.3, 0.4) is 0 Å². The molecule has 0 saturated heterocycles. The van der Waals surface area contributed by atoms with Crippen molar-refractivity contribution in [2.75, 3.05) is 6.54 Å². The summed E-state index contributed by atoms with van der Waals surface area (Å²) in [6, 6.07) is 10.1. The second-order valence-corrected chi connectivity index (χ2v) is 4.77. The molecule has 2 N–H and O–H groups in total. The molecule has 18 heavy (non-hydrogen) atoms. The quantitative estimate of drug-likeness (QED) is 0.856. The molecule has 1 heterocycles. The van der Waals surface area contributed by atoms with Gasteiger partial charge in [-0.3, -0.25) is 9.89 Å². The van der Waals surface area contributed by atoms with E-state index in [9.17, 15) is 4.79 Å². The van der Waals surface area contributed by atoms with Crippen LogP contribution in [0.25, 0.3) is 0 Å². The van der Waals surface area contributed by atoms with Crippen LogP contribution in [-0.4, -0.2) is 27.6 Å². The summed E-state index contributed by atoms with van der Waals surface area (Å²) in [6.45, 7) is 4.71. The SMILES string of the molecule is CC(C)(CNC(=O)c1ncn[nH]1)c1ccccc1. The van der Waals surface area contributed by atoms with Crippen LogP contribution in [0.15, 0.2) is 36.7 Å². The van der Waals surface area contributed by atoms with Gasteiger partial charge in [0.05, 0.1) is 0 Å². The topological polar surface area (TPSA) is 70.7 Å². The van der Waals surface area contributed by atoms with Gasteiger partial charge in [0.25, 0.3) is 5.91 Å². The first kappa shape index (κ1) is 12.3. The van der Waals surface area contributed by atoms with E-state index in [2.05, 4.69) is 46.5 Å². The van der Waals surface area contributed by atoms with Crippen LogP contribution in [0.2, 0.25) is 0 Å². The third-order valence-electron chi connectivity index (χ3n) is 2.88. The van der Waals surface area contributed by atoms with Gasteiger partial charge in [-0.25, -0.2) is 4.98 Å². The summed E-state index contributed by atoms with van der Waals surface area (Å²) in [7, 11) is 0. The third kappa shape index (κ3) is 2.74. The van der Waals surface area contributed by atoms with E-state index in [0.717, 1.165) is 0 Å². The lowest BCUT2D eigenvalue weighted by molar-refractivity contribution is 0.0935. The molecule has 1 aromatic carbocycles. The number of carbonyl (C=O) groups is 1. The van der Waals surface area contributed by atoms with Gasteiger partial charge >= 0.3 is 0 Å². The zero-order chi connectivity index (χ0) is 13.0. The molecule has 2 rings (SSSR count). The Hall–Kier alpha value is -2.17. The molecular weight excluding hydrogens is 228 g/mol. The van der Waals surface area contributed by atoms with Crippen molar-refractivity contribution in [2.24, 2.45) is 0 Å². The Labute approximate surface area is 106 Å². The number of aromatic amines is 1. The highest BCUT2D eigenvalue weighted by Crippen LogP contribution is 2.21. The number of carbonyl (C=O) groups excluding carboxylic acids is 1. The molecule has 1 aromatic heterocycles. The molecule has 0 fully saturated rings. The lowest BCUT2D eigenvalue weighted by Crippen LogP contribution is -2.37. The summed E-state index contributed by atoms with van der Waals surface area (Å²) >= 11 is 0. The number of nitrogens with zero attached hydrogens (tertiary/aromatic N) is 2. The highest BCUT2D eigenvalue weighted by molar-refractivity contribution is 5.90. The summed E-state index contributed by atoms with van der Waals surface area (Å²) in [5.74, 6) is -0.00429. The van der Waals surface area contributed by atoms with Crippen LogP contribution in [0.4, 0.5) is 0 Å². The molecule has 0 aliphatic rings. The molecule has 5 nitrogen and oxygen atoms in total. The van der Waals surface area contributed by atoms with Gasteiger partial charge in [-0.2, -0.15) is 5.10 Å². The van der Waals surface area contributed by atoms with Crippen molar-refractivity contribution in [3.8, 4) is 0 Å². The Morgan fingerprint density at radius 1 is 1.33 bits per heavy atom. The van der Waals surface area contributed by atoms with Crippen molar-refractivity contribution < 1.29 is 4.79 Å². The van der Waals surface area contributed by atoms with Gasteiger partial charge < -0.3 is 5.32 Å². The number of amides is 1. The first-order chi connectivity index (χ1) is 8.59. The smallest absolute Gasteiger partial charge is 0.288 e. The molecule has 0 radical (unpaired) electrons. The Kier molecular flexibility index (Phi) is 3.41. The first-order valence-corrected chi connectivity index (χ1v) is 5.79. The van der Waals surface area contributed by atoms with Gasteiger partial charge in [0, 0.05) is 12.0 Å². The molecule has 94 valence electrons. The number of hydrogen-bond donors (Lipinski definition) is 2. The molecular formula is C13H16N4O. The average molecular weight is 244 g/mol. The zero-order valence-electron chi connectivity index (χ0n) is 10.5. The maximum atomic E-state index is 11.7. The highest BCUT2D eigenvalue weighted by Gasteiger charge is 2.21. The minimum absolute atomic E-state index is 0.128. The molecule has 1 amide bonds. The Morgan fingerprint density at radius 2 is 2.06 bits per heavy atom. The number of aromatic nitrogens is 3. The van der Waals surface area contributed by atoms with E-state index in [-0.39, 0.29) is 17.1 Å². The fraction of sp³-hybridized carbons (Fsp3) is 0.308. The predicted octanol–water partition coefficient (Wildman–Crippen LogP) is 1.51. The number of benzene rings is 1. The van der Waals surface area contributed by atoms with Crippen molar-refractivity contribution in [3.63, 3.8) is 0 Å². The average Bonchev–Trinajstić information content (AvgIpc) is 2.91. The zero-order valence-corrected chi connectivity index (χ0v) is 10.5. The van der Waals surface area contributed by atoms with Crippen LogP contribution in [0, 0.1) is 0 Å². The van der Waals surface area contributed by atoms with Crippen molar-refractivity contribution >= 4 is 5.91 Å². The maximum Gasteiger partial charge on any atom is 0.288 e. The Balaban J connectivity index is 1.99. The molecule has 2 aromatic rings. The molecule has 0 atom stereocenters. The van der Waals surface area contributed by atoms with E-state index < -0.39 is 0 Å². The van der Waals surface area contributed by atoms with E-state index in [0.29, 0.717) is 6.54 Å². The molecule has 0 aliphatic heterocycles. The molecule has 0 saturated carbocycles. The fourth-order valence-corrected chi connectivity index (χ4v) is 1.69. The second kappa shape index (κ2) is 5.00. The number of hydrogen-bond acceptors (Lipinski definition) is 3. The summed E-state index contributed by atoms with van der Waals surface area (Å²) in [6.07, 6.45) is 1.32. The van der Waals surface area contributed by atoms with E-state index in [1.165, 1.54) is 11.9 Å². The van der Waals surface area contributed by atoms with Crippen LogP contribution in [0.1, 0.15) is 30.0 Å².